The number of rotatable bonds is 4. The van der Waals surface area contributed by atoms with Gasteiger partial charge in [-0.05, 0) is 62.7 Å². The van der Waals surface area contributed by atoms with Crippen molar-refractivity contribution in [1.82, 2.24) is 5.32 Å². The smallest absolute Gasteiger partial charge is 0.251 e. The first-order valence-electron chi connectivity index (χ1n) is 8.35. The van der Waals surface area contributed by atoms with Crippen molar-refractivity contribution in [3.8, 4) is 0 Å². The number of carbonyl (C=O) groups excluding carboxylic acids is 1. The van der Waals surface area contributed by atoms with Crippen LogP contribution >= 0.6 is 11.6 Å². The molecule has 0 saturated carbocycles. The lowest BCUT2D eigenvalue weighted by molar-refractivity contribution is 0.0912. The molecule has 2 aromatic rings. The Labute approximate surface area is 153 Å². The van der Waals surface area contributed by atoms with Crippen molar-refractivity contribution in [2.45, 2.75) is 32.7 Å². The van der Waals surface area contributed by atoms with Gasteiger partial charge in [-0.15, -0.1) is 0 Å². The zero-order valence-corrected chi connectivity index (χ0v) is 15.5. The van der Waals surface area contributed by atoms with E-state index in [0.717, 1.165) is 29.9 Å². The van der Waals surface area contributed by atoms with Gasteiger partial charge in [-0.2, -0.15) is 5.10 Å². The number of nitrogens with zero attached hydrogens (tertiary/aromatic N) is 2. The first-order chi connectivity index (χ1) is 11.8. The molecule has 4 nitrogen and oxygen atoms in total. The molecule has 0 radical (unpaired) electrons. The van der Waals surface area contributed by atoms with Crippen LogP contribution in [0.2, 0.25) is 5.02 Å². The summed E-state index contributed by atoms with van der Waals surface area (Å²) in [5.41, 5.74) is 3.20. The Morgan fingerprint density at radius 2 is 1.92 bits per heavy atom. The molecule has 0 aliphatic carbocycles. The van der Waals surface area contributed by atoms with Crippen LogP contribution in [0.4, 0.5) is 5.69 Å². The fraction of sp³-hybridized carbons (Fsp3) is 0.300. The van der Waals surface area contributed by atoms with Gasteiger partial charge in [0, 0.05) is 29.3 Å². The normalized spacial score (nSPS) is 14.4. The Bertz CT molecular complexity index is 812. The molecule has 2 aromatic carbocycles. The third-order valence-electron chi connectivity index (χ3n) is 4.38. The molecule has 130 valence electrons. The van der Waals surface area contributed by atoms with Gasteiger partial charge in [0.15, 0.2) is 0 Å². The standard InChI is InChI=1S/C20H22ClN3O/c1-14-11-12-24(23-14)18-9-7-15(8-10-18)19(25)22-20(2,3)16-5-4-6-17(21)13-16/h4-10,13H,11-12H2,1-3H3,(H,22,25). The lowest BCUT2D eigenvalue weighted by atomic mass is 9.94. The molecule has 0 fully saturated rings. The number of hydrogen-bond acceptors (Lipinski definition) is 3. The van der Waals surface area contributed by atoms with E-state index in [2.05, 4.69) is 10.4 Å². The topological polar surface area (TPSA) is 44.7 Å². The van der Waals surface area contributed by atoms with Crippen LogP contribution in [-0.2, 0) is 5.54 Å². The maximum atomic E-state index is 12.6. The summed E-state index contributed by atoms with van der Waals surface area (Å²) >= 11 is 6.07. The predicted molar refractivity (Wildman–Crippen MR) is 103 cm³/mol. The maximum absolute atomic E-state index is 12.6. The Morgan fingerprint density at radius 1 is 1.20 bits per heavy atom. The van der Waals surface area contributed by atoms with E-state index in [1.54, 1.807) is 0 Å². The van der Waals surface area contributed by atoms with E-state index in [-0.39, 0.29) is 5.91 Å². The van der Waals surface area contributed by atoms with Crippen molar-refractivity contribution in [3.05, 3.63) is 64.7 Å². The van der Waals surface area contributed by atoms with Gasteiger partial charge in [0.05, 0.1) is 11.2 Å². The van der Waals surface area contributed by atoms with E-state index in [9.17, 15) is 4.79 Å². The lowest BCUT2D eigenvalue weighted by Crippen LogP contribution is -2.41. The van der Waals surface area contributed by atoms with Gasteiger partial charge in [-0.3, -0.25) is 9.80 Å². The molecule has 0 unspecified atom stereocenters. The molecule has 1 amide bonds. The zero-order chi connectivity index (χ0) is 18.0. The summed E-state index contributed by atoms with van der Waals surface area (Å²) in [6.07, 6.45) is 0.982. The summed E-state index contributed by atoms with van der Waals surface area (Å²) < 4.78 is 0. The zero-order valence-electron chi connectivity index (χ0n) is 14.7. The van der Waals surface area contributed by atoms with Crippen LogP contribution in [-0.4, -0.2) is 18.2 Å². The fourth-order valence-electron chi connectivity index (χ4n) is 2.85. The highest BCUT2D eigenvalue weighted by Crippen LogP contribution is 2.24. The van der Waals surface area contributed by atoms with Crippen molar-refractivity contribution in [1.29, 1.82) is 0 Å². The average Bonchev–Trinajstić information content (AvgIpc) is 3.01. The molecule has 1 heterocycles. The number of benzene rings is 2. The summed E-state index contributed by atoms with van der Waals surface area (Å²) in [6.45, 7) is 6.85. The number of carbonyl (C=O) groups is 1. The van der Waals surface area contributed by atoms with Gasteiger partial charge in [0.25, 0.3) is 5.91 Å². The number of nitrogens with one attached hydrogen (secondary N) is 1. The first-order valence-corrected chi connectivity index (χ1v) is 8.73. The summed E-state index contributed by atoms with van der Waals surface area (Å²) in [5.74, 6) is -0.113. The van der Waals surface area contributed by atoms with Gasteiger partial charge < -0.3 is 5.32 Å². The number of anilines is 1. The van der Waals surface area contributed by atoms with Crippen molar-refractivity contribution >= 4 is 28.9 Å². The van der Waals surface area contributed by atoms with Crippen LogP contribution in [0.15, 0.2) is 53.6 Å². The van der Waals surface area contributed by atoms with Gasteiger partial charge in [0.1, 0.15) is 0 Å². The molecule has 0 bridgehead atoms. The first kappa shape index (κ1) is 17.5. The molecule has 3 rings (SSSR count). The highest BCUT2D eigenvalue weighted by atomic mass is 35.5. The van der Waals surface area contributed by atoms with E-state index in [1.165, 1.54) is 0 Å². The van der Waals surface area contributed by atoms with E-state index < -0.39 is 5.54 Å². The third-order valence-corrected chi connectivity index (χ3v) is 4.61. The van der Waals surface area contributed by atoms with Gasteiger partial charge in [-0.25, -0.2) is 0 Å². The molecule has 1 aliphatic heterocycles. The van der Waals surface area contributed by atoms with Crippen molar-refractivity contribution < 1.29 is 4.79 Å². The summed E-state index contributed by atoms with van der Waals surface area (Å²) in [6, 6.07) is 15.1. The number of hydrazone groups is 1. The number of hydrogen-bond donors (Lipinski definition) is 1. The Hall–Kier alpha value is -2.33. The number of amides is 1. The second kappa shape index (κ2) is 6.89. The Balaban J connectivity index is 1.72. The molecule has 0 saturated heterocycles. The monoisotopic (exact) mass is 355 g/mol. The predicted octanol–water partition coefficient (Wildman–Crippen LogP) is 4.59. The molecular formula is C20H22ClN3O. The molecule has 0 spiro atoms. The highest BCUT2D eigenvalue weighted by Gasteiger charge is 2.24. The van der Waals surface area contributed by atoms with Crippen molar-refractivity contribution in [2.75, 3.05) is 11.6 Å². The van der Waals surface area contributed by atoms with Crippen LogP contribution in [0.3, 0.4) is 0 Å². The van der Waals surface area contributed by atoms with Crippen LogP contribution in [0, 0.1) is 0 Å². The minimum absolute atomic E-state index is 0.113. The summed E-state index contributed by atoms with van der Waals surface area (Å²) in [7, 11) is 0. The molecule has 25 heavy (non-hydrogen) atoms. The molecular weight excluding hydrogens is 334 g/mol. The van der Waals surface area contributed by atoms with Gasteiger partial charge >= 0.3 is 0 Å². The second-order valence-electron chi connectivity index (χ2n) is 6.84. The fourth-order valence-corrected chi connectivity index (χ4v) is 3.04. The largest absolute Gasteiger partial charge is 0.343 e. The van der Waals surface area contributed by atoms with Crippen LogP contribution in [0.5, 0.6) is 0 Å². The molecule has 1 N–H and O–H groups in total. The molecule has 0 aromatic heterocycles. The van der Waals surface area contributed by atoms with E-state index in [4.69, 9.17) is 11.6 Å². The quantitative estimate of drug-likeness (QED) is 0.871. The SMILES string of the molecule is CC1=NN(c2ccc(C(=O)NC(C)(C)c3cccc(Cl)c3)cc2)CC1. The molecule has 1 aliphatic rings. The highest BCUT2D eigenvalue weighted by molar-refractivity contribution is 6.30. The summed E-state index contributed by atoms with van der Waals surface area (Å²) in [5, 5.41) is 10.2. The minimum Gasteiger partial charge on any atom is -0.343 e. The van der Waals surface area contributed by atoms with Gasteiger partial charge in [0.2, 0.25) is 0 Å². The van der Waals surface area contributed by atoms with E-state index >= 15 is 0 Å². The second-order valence-corrected chi connectivity index (χ2v) is 7.28. The summed E-state index contributed by atoms with van der Waals surface area (Å²) in [4.78, 5) is 12.6. The third kappa shape index (κ3) is 4.02. The minimum atomic E-state index is -0.517. The van der Waals surface area contributed by atoms with E-state index in [0.29, 0.717) is 10.6 Å². The number of halogens is 1. The molecule has 0 atom stereocenters. The van der Waals surface area contributed by atoms with Gasteiger partial charge in [-0.1, -0.05) is 23.7 Å². The Kier molecular flexibility index (Phi) is 4.82. The van der Waals surface area contributed by atoms with E-state index in [1.807, 2.05) is 74.3 Å². The average molecular weight is 356 g/mol. The van der Waals surface area contributed by atoms with Crippen LogP contribution in [0.25, 0.3) is 0 Å². The van der Waals surface area contributed by atoms with Crippen molar-refractivity contribution in [2.24, 2.45) is 5.10 Å². The maximum Gasteiger partial charge on any atom is 0.251 e. The Morgan fingerprint density at radius 3 is 2.52 bits per heavy atom. The molecule has 5 heteroatoms. The van der Waals surface area contributed by atoms with Crippen LogP contribution in [0.1, 0.15) is 43.1 Å². The lowest BCUT2D eigenvalue weighted by Gasteiger charge is -2.27. The van der Waals surface area contributed by atoms with Crippen LogP contribution < -0.4 is 10.3 Å². The van der Waals surface area contributed by atoms with Crippen molar-refractivity contribution in [3.63, 3.8) is 0 Å².